The number of nitrogens with zero attached hydrogens (tertiary/aromatic N) is 4. The average molecular weight is 1200 g/mol. The predicted molar refractivity (Wildman–Crippen MR) is 380 cm³/mol. The van der Waals surface area contributed by atoms with Gasteiger partial charge >= 0.3 is 0 Å². The third kappa shape index (κ3) is 9.00. The fraction of sp³-hybridized carbons (Fsp3) is 0.153. The van der Waals surface area contributed by atoms with E-state index in [1.807, 2.05) is 18.3 Å². The van der Waals surface area contributed by atoms with Gasteiger partial charge in [-0.1, -0.05) is 261 Å². The van der Waals surface area contributed by atoms with Gasteiger partial charge in [-0.3, -0.25) is 13.7 Å². The van der Waals surface area contributed by atoms with Crippen molar-refractivity contribution in [2.24, 2.45) is 0 Å². The van der Waals surface area contributed by atoms with Gasteiger partial charge in [0.05, 0.1) is 33.4 Å². The fourth-order valence-corrected chi connectivity index (χ4v) is 20.2. The van der Waals surface area contributed by atoms with E-state index >= 15 is 0 Å². The largest absolute Gasteiger partial charge is 0.458 e. The number of aryl methyl sites for hydroxylation is 1. The first kappa shape index (κ1) is 52.8. The molecule has 1 aliphatic heterocycles. The SMILES string of the molecule is [2H]C([2H])([2H])c1cc(-n2c3ccc([Si](c4ccccc4)(c4ccccc4)c4ccccc4)cc3c3ccc(Oc4cccc(-n5[c-][n+]6c7c(cccc75)-c5ccccc5-c5ccccc5-c5cccc(C(C)(C)C)c5-6)c4)cc32)ncc1-c1cccc2c1C(C)(C)CCC2(C)C. The molecule has 4 heterocycles. The van der Waals surface area contributed by atoms with Crippen LogP contribution in [0, 0.1) is 13.2 Å². The summed E-state index contributed by atoms with van der Waals surface area (Å²) in [6.07, 6.45) is 7.81. The standard InChI is InChI=1S/C85H72N4OSi/c1-56-50-79(86-54-73(56)69-38-23-41-74-80(69)85(7,8)49-48-84(74,5)6)89-76-47-45-63(91(60-28-12-9-13-29-60,61-30-14-10-15-31-61)62-32-16-11-17-33-62)53-72(76)68-46-44-59(52-78(68)89)90-58-27-22-26-57(51-58)87-55-88-81-70(39-24-42-75(81)83(2,3)4)66-36-20-18-34-64(66)65-35-19-21-37-67(65)71-40-25-43-77(87)82(71)88/h9-47,50-54H,48-49H2,1-8H3/i1D3. The quantitative estimate of drug-likeness (QED) is 0.0625. The van der Waals surface area contributed by atoms with Crippen molar-refractivity contribution in [3.05, 3.63) is 296 Å². The Balaban J connectivity index is 0.891. The van der Waals surface area contributed by atoms with Gasteiger partial charge in [-0.2, -0.15) is 0 Å². The maximum atomic E-state index is 9.30. The van der Waals surface area contributed by atoms with Gasteiger partial charge in [0.15, 0.2) is 8.07 Å². The van der Waals surface area contributed by atoms with E-state index in [2.05, 4.69) is 317 Å². The molecule has 0 fully saturated rings. The molecular formula is C85H72N4OSi. The smallest absolute Gasteiger partial charge is 0.269 e. The third-order valence-corrected chi connectivity index (χ3v) is 24.6. The van der Waals surface area contributed by atoms with E-state index in [-0.39, 0.29) is 21.8 Å². The number of pyridine rings is 1. The highest BCUT2D eigenvalue weighted by molar-refractivity contribution is 7.20. The molecule has 11 aromatic carbocycles. The molecule has 0 radical (unpaired) electrons. The molecule has 0 bridgehead atoms. The molecule has 0 unspecified atom stereocenters. The Morgan fingerprint density at radius 1 is 0.484 bits per heavy atom. The van der Waals surface area contributed by atoms with Crippen molar-refractivity contribution in [3.63, 3.8) is 0 Å². The fourth-order valence-electron chi connectivity index (χ4n) is 15.4. The summed E-state index contributed by atoms with van der Waals surface area (Å²) in [6, 6.07) is 93.7. The van der Waals surface area contributed by atoms with Gasteiger partial charge in [-0.25, -0.2) is 4.98 Å². The van der Waals surface area contributed by atoms with Crippen molar-refractivity contribution in [3.8, 4) is 73.2 Å². The maximum Gasteiger partial charge on any atom is 0.269 e. The van der Waals surface area contributed by atoms with Gasteiger partial charge in [0.25, 0.3) is 6.33 Å². The molecule has 0 N–H and O–H groups in total. The second-order valence-corrected chi connectivity index (χ2v) is 31.1. The van der Waals surface area contributed by atoms with Gasteiger partial charge in [0.2, 0.25) is 0 Å². The first-order valence-electron chi connectivity index (χ1n) is 33.4. The normalized spacial score (nSPS) is 14.6. The minimum atomic E-state index is -3.00. The number of hydrogen-bond acceptors (Lipinski definition) is 2. The van der Waals surface area contributed by atoms with Crippen LogP contribution in [0.15, 0.2) is 267 Å². The van der Waals surface area contributed by atoms with E-state index in [9.17, 15) is 4.11 Å². The van der Waals surface area contributed by atoms with Crippen molar-refractivity contribution in [2.45, 2.75) is 84.4 Å². The Morgan fingerprint density at radius 3 is 1.73 bits per heavy atom. The number of aromatic nitrogens is 4. The van der Waals surface area contributed by atoms with Crippen molar-refractivity contribution in [1.29, 1.82) is 0 Å². The van der Waals surface area contributed by atoms with Gasteiger partial charge in [0.1, 0.15) is 17.3 Å². The highest BCUT2D eigenvalue weighted by Gasteiger charge is 2.42. The van der Waals surface area contributed by atoms with E-state index < -0.39 is 14.9 Å². The number of fused-ring (bicyclic) bond motifs is 11. The van der Waals surface area contributed by atoms with Gasteiger partial charge in [-0.15, -0.1) is 0 Å². The molecule has 0 spiro atoms. The second-order valence-electron chi connectivity index (χ2n) is 27.3. The predicted octanol–water partition coefficient (Wildman–Crippen LogP) is 18.3. The lowest BCUT2D eigenvalue weighted by molar-refractivity contribution is -0.572. The monoisotopic (exact) mass is 1200 g/mol. The zero-order valence-corrected chi connectivity index (χ0v) is 53.5. The highest BCUT2D eigenvalue weighted by Crippen LogP contribution is 2.51. The molecule has 442 valence electrons. The van der Waals surface area contributed by atoms with Crippen LogP contribution in [-0.2, 0) is 16.2 Å². The van der Waals surface area contributed by atoms with Crippen LogP contribution < -0.4 is 30.1 Å². The summed E-state index contributed by atoms with van der Waals surface area (Å²) in [5.74, 6) is 1.77. The molecule has 0 saturated carbocycles. The molecule has 91 heavy (non-hydrogen) atoms. The third-order valence-electron chi connectivity index (χ3n) is 19.8. The summed E-state index contributed by atoms with van der Waals surface area (Å²) >= 11 is 0. The van der Waals surface area contributed by atoms with Crippen LogP contribution in [0.1, 0.15) is 87.7 Å². The summed E-state index contributed by atoms with van der Waals surface area (Å²) in [4.78, 5) is 5.37. The average Bonchev–Trinajstić information content (AvgIpc) is 1.42. The van der Waals surface area contributed by atoms with Crippen LogP contribution in [0.5, 0.6) is 11.5 Å². The zero-order valence-electron chi connectivity index (χ0n) is 55.5. The molecule has 14 aromatic rings. The van der Waals surface area contributed by atoms with Crippen molar-refractivity contribution < 1.29 is 13.4 Å². The van der Waals surface area contributed by atoms with Crippen molar-refractivity contribution in [1.82, 2.24) is 14.1 Å². The minimum absolute atomic E-state index is 0.0725. The Labute approximate surface area is 539 Å². The van der Waals surface area contributed by atoms with Crippen LogP contribution in [0.3, 0.4) is 0 Å². The Hall–Kier alpha value is -10.1. The molecule has 16 rings (SSSR count). The summed E-state index contributed by atoms with van der Waals surface area (Å²) in [5.41, 5.74) is 17.8. The van der Waals surface area contributed by atoms with Crippen molar-refractivity contribution >= 4 is 61.7 Å². The molecule has 1 aliphatic carbocycles. The van der Waals surface area contributed by atoms with E-state index in [1.165, 1.54) is 54.1 Å². The first-order valence-corrected chi connectivity index (χ1v) is 33.9. The molecule has 0 amide bonds. The first-order chi connectivity index (χ1) is 45.4. The van der Waals surface area contributed by atoms with Gasteiger partial charge in [0, 0.05) is 32.7 Å². The molecular weight excluding hydrogens is 1120 g/mol. The number of benzene rings is 11. The number of para-hydroxylation sites is 2. The Bertz CT molecular complexity index is 5230. The molecule has 0 saturated heterocycles. The van der Waals surface area contributed by atoms with E-state index in [0.717, 1.165) is 79.3 Å². The van der Waals surface area contributed by atoms with E-state index in [4.69, 9.17) is 9.72 Å². The lowest BCUT2D eigenvalue weighted by Crippen LogP contribution is -2.74. The Kier molecular flexibility index (Phi) is 12.3. The summed E-state index contributed by atoms with van der Waals surface area (Å²) in [6.45, 7) is 13.6. The van der Waals surface area contributed by atoms with Crippen LogP contribution in [0.2, 0.25) is 0 Å². The molecule has 5 nitrogen and oxygen atoms in total. The lowest BCUT2D eigenvalue weighted by atomic mass is 9.61. The zero-order chi connectivity index (χ0) is 64.5. The minimum Gasteiger partial charge on any atom is -0.458 e. The van der Waals surface area contributed by atoms with Crippen LogP contribution in [0.25, 0.3) is 94.5 Å². The Morgan fingerprint density at radius 2 is 1.05 bits per heavy atom. The van der Waals surface area contributed by atoms with Crippen LogP contribution in [-0.4, -0.2) is 22.2 Å². The summed E-state index contributed by atoms with van der Waals surface area (Å²) in [7, 11) is -3.00. The molecule has 2 aliphatic rings. The topological polar surface area (TPSA) is 35.9 Å². The van der Waals surface area contributed by atoms with Gasteiger partial charge < -0.3 is 4.74 Å². The number of imidazole rings is 1. The molecule has 0 atom stereocenters. The number of rotatable bonds is 9. The van der Waals surface area contributed by atoms with Crippen LogP contribution in [0.4, 0.5) is 0 Å². The maximum absolute atomic E-state index is 9.30. The summed E-state index contributed by atoms with van der Waals surface area (Å²) < 4.78 is 41.7. The number of ether oxygens (including phenoxy) is 1. The molecule has 3 aromatic heterocycles. The summed E-state index contributed by atoms with van der Waals surface area (Å²) in [5, 5.41) is 7.04. The number of hydrogen-bond donors (Lipinski definition) is 0. The van der Waals surface area contributed by atoms with E-state index in [1.54, 1.807) is 0 Å². The van der Waals surface area contributed by atoms with Crippen molar-refractivity contribution in [2.75, 3.05) is 0 Å². The van der Waals surface area contributed by atoms with Gasteiger partial charge in [-0.05, 0) is 160 Å². The molecule has 6 heteroatoms. The van der Waals surface area contributed by atoms with Crippen LogP contribution >= 0.6 is 0 Å². The lowest BCUT2D eigenvalue weighted by Gasteiger charge is -2.43. The van der Waals surface area contributed by atoms with E-state index in [0.29, 0.717) is 22.9 Å². The second kappa shape index (κ2) is 21.3. The highest BCUT2D eigenvalue weighted by atomic mass is 28.3.